The number of carboxylic acids is 1. The molecule has 0 aromatic rings. The van der Waals surface area contributed by atoms with E-state index in [1.165, 1.54) is 0 Å². The van der Waals surface area contributed by atoms with Crippen LogP contribution in [0.4, 0.5) is 0 Å². The molecule has 0 aliphatic heterocycles. The van der Waals surface area contributed by atoms with Gasteiger partial charge < -0.3 is 15.2 Å². The maximum absolute atomic E-state index is 11.4. The molecule has 14 heavy (non-hydrogen) atoms. The number of amides is 1. The van der Waals surface area contributed by atoms with Crippen LogP contribution in [-0.4, -0.2) is 36.7 Å². The van der Waals surface area contributed by atoms with E-state index in [2.05, 4.69) is 5.32 Å². The predicted octanol–water partition coefficient (Wildman–Crippen LogP) is -0.142. The van der Waals surface area contributed by atoms with Crippen molar-refractivity contribution < 1.29 is 19.4 Å². The maximum atomic E-state index is 11.4. The summed E-state index contributed by atoms with van der Waals surface area (Å²) in [6.45, 7) is 2.26. The molecule has 2 unspecified atom stereocenters. The quantitative estimate of drug-likeness (QED) is 0.649. The van der Waals surface area contributed by atoms with Gasteiger partial charge in [-0.15, -0.1) is 0 Å². The van der Waals surface area contributed by atoms with Crippen molar-refractivity contribution in [3.05, 3.63) is 0 Å². The Morgan fingerprint density at radius 1 is 1.57 bits per heavy atom. The van der Waals surface area contributed by atoms with Crippen LogP contribution in [0.25, 0.3) is 0 Å². The molecule has 0 spiro atoms. The van der Waals surface area contributed by atoms with Gasteiger partial charge in [-0.1, -0.05) is 0 Å². The first-order valence-electron chi connectivity index (χ1n) is 4.58. The summed E-state index contributed by atoms with van der Waals surface area (Å²) in [5, 5.41) is 11.3. The molecule has 0 heterocycles. The highest BCUT2D eigenvalue weighted by Crippen LogP contribution is 2.38. The van der Waals surface area contributed by atoms with Crippen LogP contribution >= 0.6 is 0 Å². The molecule has 2 N–H and O–H groups in total. The molecule has 1 saturated carbocycles. The number of carboxylic acid groups (broad SMARTS) is 1. The van der Waals surface area contributed by atoms with Gasteiger partial charge in [0.05, 0.1) is 18.4 Å². The smallest absolute Gasteiger partial charge is 0.307 e. The summed E-state index contributed by atoms with van der Waals surface area (Å²) in [6.07, 6.45) is 0.459. The van der Waals surface area contributed by atoms with Crippen LogP contribution in [-0.2, 0) is 14.3 Å². The SMILES string of the molecule is COC[C@@H](C)NC(=O)C1CC1C(=O)O. The van der Waals surface area contributed by atoms with E-state index < -0.39 is 11.9 Å². The van der Waals surface area contributed by atoms with Gasteiger partial charge in [0.25, 0.3) is 0 Å². The van der Waals surface area contributed by atoms with Gasteiger partial charge in [-0.25, -0.2) is 0 Å². The molecule has 1 fully saturated rings. The van der Waals surface area contributed by atoms with Crippen LogP contribution < -0.4 is 5.32 Å². The lowest BCUT2D eigenvalue weighted by molar-refractivity contribution is -0.140. The maximum Gasteiger partial charge on any atom is 0.307 e. The lowest BCUT2D eigenvalue weighted by Gasteiger charge is -2.11. The van der Waals surface area contributed by atoms with E-state index >= 15 is 0 Å². The van der Waals surface area contributed by atoms with Crippen LogP contribution in [0, 0.1) is 11.8 Å². The minimum atomic E-state index is -0.885. The highest BCUT2D eigenvalue weighted by molar-refractivity contribution is 5.89. The molecule has 0 aromatic heterocycles. The second kappa shape index (κ2) is 4.41. The van der Waals surface area contributed by atoms with Gasteiger partial charge in [-0.05, 0) is 13.3 Å². The molecule has 5 nitrogen and oxygen atoms in total. The first-order valence-corrected chi connectivity index (χ1v) is 4.58. The zero-order valence-corrected chi connectivity index (χ0v) is 8.32. The monoisotopic (exact) mass is 201 g/mol. The zero-order chi connectivity index (χ0) is 10.7. The second-order valence-electron chi connectivity index (χ2n) is 3.65. The van der Waals surface area contributed by atoms with Crippen molar-refractivity contribution in [1.29, 1.82) is 0 Å². The fraction of sp³-hybridized carbons (Fsp3) is 0.778. The molecule has 3 atom stereocenters. The highest BCUT2D eigenvalue weighted by Gasteiger charge is 2.48. The standard InChI is InChI=1S/C9H15NO4/c1-5(4-14-2)10-8(11)6-3-7(6)9(12)13/h5-7H,3-4H2,1-2H3,(H,10,11)(H,12,13)/t5-,6?,7?/m1/s1. The molecule has 0 radical (unpaired) electrons. The summed E-state index contributed by atoms with van der Waals surface area (Å²) in [5.74, 6) is -1.89. The molecule has 1 aliphatic rings. The zero-order valence-electron chi connectivity index (χ0n) is 8.32. The number of hydrogen-bond donors (Lipinski definition) is 2. The summed E-state index contributed by atoms with van der Waals surface area (Å²) in [6, 6.07) is -0.0671. The van der Waals surface area contributed by atoms with Crippen molar-refractivity contribution in [1.82, 2.24) is 5.32 Å². The van der Waals surface area contributed by atoms with E-state index in [0.29, 0.717) is 13.0 Å². The summed E-state index contributed by atoms with van der Waals surface area (Å²) in [4.78, 5) is 21.9. The summed E-state index contributed by atoms with van der Waals surface area (Å²) in [5.41, 5.74) is 0. The Morgan fingerprint density at radius 2 is 2.21 bits per heavy atom. The van der Waals surface area contributed by atoms with E-state index in [1.807, 2.05) is 6.92 Å². The van der Waals surface area contributed by atoms with Crippen LogP contribution in [0.2, 0.25) is 0 Å². The van der Waals surface area contributed by atoms with Crippen LogP contribution in [0.15, 0.2) is 0 Å². The van der Waals surface area contributed by atoms with Crippen LogP contribution in [0.5, 0.6) is 0 Å². The molecule has 1 amide bonds. The van der Waals surface area contributed by atoms with E-state index in [0.717, 1.165) is 0 Å². The third kappa shape index (κ3) is 2.70. The third-order valence-electron chi connectivity index (χ3n) is 2.25. The molecular weight excluding hydrogens is 186 g/mol. The van der Waals surface area contributed by atoms with E-state index in [1.54, 1.807) is 7.11 Å². The normalized spacial score (nSPS) is 26.7. The molecule has 5 heteroatoms. The lowest BCUT2D eigenvalue weighted by atomic mass is 10.2. The first kappa shape index (κ1) is 11.0. The minimum Gasteiger partial charge on any atom is -0.481 e. The molecule has 0 bridgehead atoms. The summed E-state index contributed by atoms with van der Waals surface area (Å²) < 4.78 is 4.85. The average Bonchev–Trinajstić information content (AvgIpc) is 2.82. The third-order valence-corrected chi connectivity index (χ3v) is 2.25. The number of nitrogens with one attached hydrogen (secondary N) is 1. The molecule has 80 valence electrons. The van der Waals surface area contributed by atoms with Crippen LogP contribution in [0.1, 0.15) is 13.3 Å². The Labute approximate surface area is 82.4 Å². The van der Waals surface area contributed by atoms with Crippen molar-refractivity contribution in [3.63, 3.8) is 0 Å². The number of hydrogen-bond acceptors (Lipinski definition) is 3. The second-order valence-corrected chi connectivity index (χ2v) is 3.65. The number of ether oxygens (including phenoxy) is 1. The van der Waals surface area contributed by atoms with Gasteiger partial charge in [0.15, 0.2) is 0 Å². The van der Waals surface area contributed by atoms with Crippen LogP contribution in [0.3, 0.4) is 0 Å². The Kier molecular flexibility index (Phi) is 3.46. The number of methoxy groups -OCH3 is 1. The van der Waals surface area contributed by atoms with E-state index in [-0.39, 0.29) is 17.9 Å². The van der Waals surface area contributed by atoms with Gasteiger partial charge >= 0.3 is 5.97 Å². The average molecular weight is 201 g/mol. The molecule has 1 aliphatic carbocycles. The molecule has 1 rings (SSSR count). The Bertz CT molecular complexity index is 241. The van der Waals surface area contributed by atoms with Crippen molar-refractivity contribution >= 4 is 11.9 Å². The minimum absolute atomic E-state index is 0.0671. The molecular formula is C9H15NO4. The van der Waals surface area contributed by atoms with Gasteiger partial charge in [-0.3, -0.25) is 9.59 Å². The highest BCUT2D eigenvalue weighted by atomic mass is 16.5. The number of carbonyl (C=O) groups is 2. The largest absolute Gasteiger partial charge is 0.481 e. The van der Waals surface area contributed by atoms with Crippen molar-refractivity contribution in [3.8, 4) is 0 Å². The van der Waals surface area contributed by atoms with Gasteiger partial charge in [0.1, 0.15) is 0 Å². The number of carbonyl (C=O) groups excluding carboxylic acids is 1. The Morgan fingerprint density at radius 3 is 2.64 bits per heavy atom. The Balaban J connectivity index is 2.27. The fourth-order valence-electron chi connectivity index (χ4n) is 1.40. The lowest BCUT2D eigenvalue weighted by Crippen LogP contribution is -2.37. The van der Waals surface area contributed by atoms with Gasteiger partial charge in [0, 0.05) is 13.2 Å². The predicted molar refractivity (Wildman–Crippen MR) is 48.7 cm³/mol. The van der Waals surface area contributed by atoms with Gasteiger partial charge in [-0.2, -0.15) is 0 Å². The van der Waals surface area contributed by atoms with Crippen molar-refractivity contribution in [2.75, 3.05) is 13.7 Å². The number of rotatable bonds is 5. The number of aliphatic carboxylic acids is 1. The Hall–Kier alpha value is -1.10. The van der Waals surface area contributed by atoms with E-state index in [9.17, 15) is 9.59 Å². The van der Waals surface area contributed by atoms with Crippen molar-refractivity contribution in [2.45, 2.75) is 19.4 Å². The summed E-state index contributed by atoms with van der Waals surface area (Å²) >= 11 is 0. The summed E-state index contributed by atoms with van der Waals surface area (Å²) in [7, 11) is 1.56. The topological polar surface area (TPSA) is 75.6 Å². The van der Waals surface area contributed by atoms with Gasteiger partial charge in [0.2, 0.25) is 5.91 Å². The fourth-order valence-corrected chi connectivity index (χ4v) is 1.40. The molecule has 0 aromatic carbocycles. The van der Waals surface area contributed by atoms with E-state index in [4.69, 9.17) is 9.84 Å². The van der Waals surface area contributed by atoms with Crippen molar-refractivity contribution in [2.24, 2.45) is 11.8 Å². The first-order chi connectivity index (χ1) is 6.56. The molecule has 0 saturated heterocycles.